The van der Waals surface area contributed by atoms with Gasteiger partial charge in [-0.25, -0.2) is 0 Å². The smallest absolute Gasteiger partial charge is 0.309 e. The topological polar surface area (TPSA) is 58.2 Å². The lowest BCUT2D eigenvalue weighted by Gasteiger charge is -2.04. The second-order valence-electron chi connectivity index (χ2n) is 3.57. The highest BCUT2D eigenvalue weighted by molar-refractivity contribution is 6.35. The summed E-state index contributed by atoms with van der Waals surface area (Å²) in [5.41, 5.74) is 0. The van der Waals surface area contributed by atoms with Crippen LogP contribution in [-0.2, 0) is 9.59 Å². The first kappa shape index (κ1) is 13.9. The predicted octanol–water partition coefficient (Wildman–Crippen LogP) is 1.21. The van der Waals surface area contributed by atoms with E-state index in [9.17, 15) is 9.59 Å². The molecule has 0 aliphatic heterocycles. The third-order valence-electron chi connectivity index (χ3n) is 2.06. The molecule has 0 rings (SSSR count). The molecule has 0 saturated carbocycles. The molecule has 2 N–H and O–H groups in total. The van der Waals surface area contributed by atoms with E-state index < -0.39 is 11.8 Å². The molecule has 0 aromatic rings. The van der Waals surface area contributed by atoms with E-state index >= 15 is 0 Å². The zero-order chi connectivity index (χ0) is 11.5. The van der Waals surface area contributed by atoms with Gasteiger partial charge in [-0.1, -0.05) is 33.1 Å². The fourth-order valence-electron chi connectivity index (χ4n) is 1.15. The normalized spacial score (nSPS) is 9.73. The van der Waals surface area contributed by atoms with E-state index in [0.29, 0.717) is 13.1 Å². The summed E-state index contributed by atoms with van der Waals surface area (Å²) < 4.78 is 0. The van der Waals surface area contributed by atoms with E-state index in [0.717, 1.165) is 19.3 Å². The van der Waals surface area contributed by atoms with Crippen LogP contribution in [0.15, 0.2) is 0 Å². The Morgan fingerprint density at radius 2 is 1.40 bits per heavy atom. The minimum Gasteiger partial charge on any atom is -0.348 e. The van der Waals surface area contributed by atoms with Gasteiger partial charge in [0.05, 0.1) is 0 Å². The van der Waals surface area contributed by atoms with E-state index in [4.69, 9.17) is 0 Å². The Morgan fingerprint density at radius 3 is 1.93 bits per heavy atom. The van der Waals surface area contributed by atoms with Gasteiger partial charge in [-0.2, -0.15) is 0 Å². The van der Waals surface area contributed by atoms with Gasteiger partial charge in [0.15, 0.2) is 0 Å². The van der Waals surface area contributed by atoms with Crippen LogP contribution in [0, 0.1) is 0 Å². The first-order valence-electron chi connectivity index (χ1n) is 5.78. The van der Waals surface area contributed by atoms with Crippen LogP contribution < -0.4 is 10.6 Å². The molecule has 0 aromatic carbocycles. The molecule has 2 amide bonds. The molecule has 0 heterocycles. The van der Waals surface area contributed by atoms with Crippen LogP contribution in [0.5, 0.6) is 0 Å². The van der Waals surface area contributed by atoms with Crippen LogP contribution >= 0.6 is 0 Å². The summed E-state index contributed by atoms with van der Waals surface area (Å²) in [6, 6.07) is 0. The van der Waals surface area contributed by atoms with Crippen molar-refractivity contribution in [2.45, 2.75) is 46.0 Å². The highest BCUT2D eigenvalue weighted by atomic mass is 16.2. The van der Waals surface area contributed by atoms with Gasteiger partial charge >= 0.3 is 11.8 Å². The molecule has 0 unspecified atom stereocenters. The first-order valence-corrected chi connectivity index (χ1v) is 5.78. The average molecular weight is 214 g/mol. The standard InChI is InChI=1S/C11H22N2O2/c1-3-5-6-7-9-13-11(15)10(14)12-8-4-2/h3-9H2,1-2H3,(H,12,14)(H,13,15). The Bertz CT molecular complexity index is 193. The van der Waals surface area contributed by atoms with Crippen LogP contribution in [-0.4, -0.2) is 24.9 Å². The van der Waals surface area contributed by atoms with Gasteiger partial charge in [-0.05, 0) is 12.8 Å². The second-order valence-corrected chi connectivity index (χ2v) is 3.57. The predicted molar refractivity (Wildman–Crippen MR) is 60.5 cm³/mol. The summed E-state index contributed by atoms with van der Waals surface area (Å²) in [7, 11) is 0. The fraction of sp³-hybridized carbons (Fsp3) is 0.818. The monoisotopic (exact) mass is 214 g/mol. The lowest BCUT2D eigenvalue weighted by atomic mass is 10.2. The lowest BCUT2D eigenvalue weighted by molar-refractivity contribution is -0.139. The summed E-state index contributed by atoms with van der Waals surface area (Å²) in [5.74, 6) is -1.03. The Morgan fingerprint density at radius 1 is 0.800 bits per heavy atom. The molecule has 4 nitrogen and oxygen atoms in total. The second kappa shape index (κ2) is 9.49. The molecule has 4 heteroatoms. The third kappa shape index (κ3) is 7.97. The van der Waals surface area contributed by atoms with Crippen molar-refractivity contribution in [3.05, 3.63) is 0 Å². The number of carbonyl (C=O) groups excluding carboxylic acids is 2. The SMILES string of the molecule is CCCCCCNC(=O)C(=O)NCCC. The summed E-state index contributed by atoms with van der Waals surface area (Å²) >= 11 is 0. The van der Waals surface area contributed by atoms with Crippen LogP contribution in [0.3, 0.4) is 0 Å². The number of nitrogens with one attached hydrogen (secondary N) is 2. The summed E-state index contributed by atoms with van der Waals surface area (Å²) in [6.07, 6.45) is 5.24. The van der Waals surface area contributed by atoms with E-state index in [1.807, 2.05) is 6.92 Å². The fourth-order valence-corrected chi connectivity index (χ4v) is 1.15. The van der Waals surface area contributed by atoms with Crippen molar-refractivity contribution in [3.63, 3.8) is 0 Å². The van der Waals surface area contributed by atoms with E-state index in [1.165, 1.54) is 12.8 Å². The van der Waals surface area contributed by atoms with Crippen molar-refractivity contribution in [2.75, 3.05) is 13.1 Å². The average Bonchev–Trinajstić information content (AvgIpc) is 2.25. The zero-order valence-electron chi connectivity index (χ0n) is 9.77. The Labute approximate surface area is 91.8 Å². The number of hydrogen-bond acceptors (Lipinski definition) is 2. The maximum absolute atomic E-state index is 11.2. The number of hydrogen-bond donors (Lipinski definition) is 2. The Hall–Kier alpha value is -1.06. The van der Waals surface area contributed by atoms with Gasteiger partial charge in [0.2, 0.25) is 0 Å². The first-order chi connectivity index (χ1) is 7.22. The molecular formula is C11H22N2O2. The third-order valence-corrected chi connectivity index (χ3v) is 2.06. The minimum absolute atomic E-state index is 0.514. The van der Waals surface area contributed by atoms with Crippen LogP contribution in [0.4, 0.5) is 0 Å². The van der Waals surface area contributed by atoms with Crippen molar-refractivity contribution in [1.82, 2.24) is 10.6 Å². The molecular weight excluding hydrogens is 192 g/mol. The summed E-state index contributed by atoms with van der Waals surface area (Å²) in [6.45, 7) is 5.24. The van der Waals surface area contributed by atoms with Gasteiger partial charge in [-0.15, -0.1) is 0 Å². The highest BCUT2D eigenvalue weighted by Gasteiger charge is 2.10. The zero-order valence-corrected chi connectivity index (χ0v) is 9.77. The molecule has 15 heavy (non-hydrogen) atoms. The molecule has 0 spiro atoms. The summed E-state index contributed by atoms with van der Waals surface area (Å²) in [5, 5.41) is 5.13. The highest BCUT2D eigenvalue weighted by Crippen LogP contribution is 1.96. The van der Waals surface area contributed by atoms with Crippen LogP contribution in [0.1, 0.15) is 46.0 Å². The largest absolute Gasteiger partial charge is 0.348 e. The molecule has 0 radical (unpaired) electrons. The Balaban J connectivity index is 3.43. The molecule has 0 fully saturated rings. The molecule has 0 saturated heterocycles. The van der Waals surface area contributed by atoms with Gasteiger partial charge in [0, 0.05) is 13.1 Å². The van der Waals surface area contributed by atoms with Gasteiger partial charge in [-0.3, -0.25) is 9.59 Å². The number of unbranched alkanes of at least 4 members (excludes halogenated alkanes) is 3. The van der Waals surface area contributed by atoms with Crippen molar-refractivity contribution in [2.24, 2.45) is 0 Å². The molecule has 0 aromatic heterocycles. The van der Waals surface area contributed by atoms with Crippen molar-refractivity contribution < 1.29 is 9.59 Å². The van der Waals surface area contributed by atoms with E-state index in [1.54, 1.807) is 0 Å². The molecule has 0 bridgehead atoms. The van der Waals surface area contributed by atoms with Crippen molar-refractivity contribution >= 4 is 11.8 Å². The molecule has 0 atom stereocenters. The summed E-state index contributed by atoms with van der Waals surface area (Å²) in [4.78, 5) is 22.3. The molecule has 88 valence electrons. The van der Waals surface area contributed by atoms with Gasteiger partial charge < -0.3 is 10.6 Å². The van der Waals surface area contributed by atoms with Crippen molar-refractivity contribution in [1.29, 1.82) is 0 Å². The van der Waals surface area contributed by atoms with Crippen LogP contribution in [0.25, 0.3) is 0 Å². The molecule has 0 aliphatic rings. The minimum atomic E-state index is -0.521. The maximum atomic E-state index is 11.2. The number of rotatable bonds is 7. The van der Waals surface area contributed by atoms with Gasteiger partial charge in [0.1, 0.15) is 0 Å². The van der Waals surface area contributed by atoms with E-state index in [-0.39, 0.29) is 0 Å². The Kier molecular flexibility index (Phi) is 8.82. The number of amides is 2. The molecule has 0 aliphatic carbocycles. The van der Waals surface area contributed by atoms with E-state index in [2.05, 4.69) is 17.6 Å². The maximum Gasteiger partial charge on any atom is 0.309 e. The number of carbonyl (C=O) groups is 2. The van der Waals surface area contributed by atoms with Crippen LogP contribution in [0.2, 0.25) is 0 Å². The lowest BCUT2D eigenvalue weighted by Crippen LogP contribution is -2.40. The van der Waals surface area contributed by atoms with Gasteiger partial charge in [0.25, 0.3) is 0 Å². The quantitative estimate of drug-likeness (QED) is 0.494. The van der Waals surface area contributed by atoms with Crippen molar-refractivity contribution in [3.8, 4) is 0 Å².